The smallest absolute Gasteiger partial charge is 0.251 e. The maximum Gasteiger partial charge on any atom is 0.251 e. The number of amides is 2. The first kappa shape index (κ1) is 16.5. The third-order valence-corrected chi connectivity index (χ3v) is 3.85. The Morgan fingerprint density at radius 1 is 1.32 bits per heavy atom. The summed E-state index contributed by atoms with van der Waals surface area (Å²) >= 11 is 0. The summed E-state index contributed by atoms with van der Waals surface area (Å²) in [4.78, 5) is 25.5. The molecule has 0 unspecified atom stereocenters. The Labute approximate surface area is 130 Å². The van der Waals surface area contributed by atoms with Crippen LogP contribution < -0.4 is 5.32 Å². The van der Waals surface area contributed by atoms with Gasteiger partial charge < -0.3 is 20.1 Å². The quantitative estimate of drug-likeness (QED) is 0.822. The van der Waals surface area contributed by atoms with Crippen LogP contribution in [0.3, 0.4) is 0 Å². The largest absolute Gasteiger partial charge is 0.388 e. The summed E-state index contributed by atoms with van der Waals surface area (Å²) in [6.45, 7) is 2.82. The Hall–Kier alpha value is -1.92. The second kappa shape index (κ2) is 7.38. The van der Waals surface area contributed by atoms with Gasteiger partial charge >= 0.3 is 0 Å². The minimum absolute atomic E-state index is 0.126. The summed E-state index contributed by atoms with van der Waals surface area (Å²) in [5, 5.41) is 12.4. The molecule has 2 amide bonds. The zero-order chi connectivity index (χ0) is 16.1. The summed E-state index contributed by atoms with van der Waals surface area (Å²) in [6.07, 6.45) is -0.451. The van der Waals surface area contributed by atoms with Crippen molar-refractivity contribution in [3.8, 4) is 0 Å². The Balaban J connectivity index is 1.76. The molecule has 2 N–H and O–H groups in total. The molecule has 1 heterocycles. The summed E-state index contributed by atoms with van der Waals surface area (Å²) in [6, 6.07) is 6.95. The van der Waals surface area contributed by atoms with Gasteiger partial charge in [0.1, 0.15) is 0 Å². The van der Waals surface area contributed by atoms with Crippen molar-refractivity contribution < 1.29 is 19.4 Å². The van der Waals surface area contributed by atoms with E-state index < -0.39 is 6.10 Å². The molecule has 1 aromatic rings. The van der Waals surface area contributed by atoms with Crippen LogP contribution in [0.5, 0.6) is 0 Å². The lowest BCUT2D eigenvalue weighted by atomic mass is 10.1. The van der Waals surface area contributed by atoms with Gasteiger partial charge in [0.25, 0.3) is 5.91 Å². The first-order valence-electron chi connectivity index (χ1n) is 7.35. The van der Waals surface area contributed by atoms with E-state index >= 15 is 0 Å². The summed E-state index contributed by atoms with van der Waals surface area (Å²) in [5.74, 6) is -0.321. The van der Waals surface area contributed by atoms with E-state index in [2.05, 4.69) is 5.32 Å². The van der Waals surface area contributed by atoms with Crippen LogP contribution in [0.15, 0.2) is 24.3 Å². The molecule has 1 aliphatic heterocycles. The Bertz CT molecular complexity index is 529. The van der Waals surface area contributed by atoms with Gasteiger partial charge in [-0.05, 0) is 19.1 Å². The predicted octanol–water partition coefficient (Wildman–Crippen LogP) is 0.333. The molecule has 1 fully saturated rings. The number of hydrogen-bond acceptors (Lipinski definition) is 4. The minimum Gasteiger partial charge on any atom is -0.388 e. The van der Waals surface area contributed by atoms with Crippen molar-refractivity contribution in [3.05, 3.63) is 35.4 Å². The van der Waals surface area contributed by atoms with Crippen molar-refractivity contribution >= 4 is 11.8 Å². The average Bonchev–Trinajstić information content (AvgIpc) is 2.93. The van der Waals surface area contributed by atoms with Crippen LogP contribution in [-0.2, 0) is 9.53 Å². The molecule has 2 rings (SSSR count). The van der Waals surface area contributed by atoms with Crippen LogP contribution in [0, 0.1) is 6.92 Å². The van der Waals surface area contributed by atoms with Gasteiger partial charge in [-0.2, -0.15) is 0 Å². The fraction of sp³-hybridized carbons (Fsp3) is 0.500. The third-order valence-electron chi connectivity index (χ3n) is 3.85. The normalized spacial score (nSPS) is 20.7. The van der Waals surface area contributed by atoms with Gasteiger partial charge in [-0.1, -0.05) is 17.7 Å². The Kier molecular flexibility index (Phi) is 5.51. The molecule has 6 heteroatoms. The van der Waals surface area contributed by atoms with Crippen LogP contribution in [0.1, 0.15) is 22.3 Å². The predicted molar refractivity (Wildman–Crippen MR) is 81.5 cm³/mol. The minimum atomic E-state index is -0.643. The fourth-order valence-electron chi connectivity index (χ4n) is 2.35. The molecule has 1 saturated heterocycles. The standard InChI is InChI=1S/C16H22N2O4/c1-11-3-5-12(6-4-11)16(21)17-8-7-15(20)18(2)13-9-22-10-14(13)19/h3-6,13-14,19H,7-10H2,1-2H3,(H,17,21)/t13-,14-/m0/s1. The van der Waals surface area contributed by atoms with Crippen molar-refractivity contribution in [1.82, 2.24) is 10.2 Å². The molecule has 1 aromatic carbocycles. The van der Waals surface area contributed by atoms with Crippen LogP contribution in [0.2, 0.25) is 0 Å². The highest BCUT2D eigenvalue weighted by Gasteiger charge is 2.31. The number of hydrogen-bond donors (Lipinski definition) is 2. The number of aliphatic hydroxyl groups excluding tert-OH is 1. The number of aliphatic hydroxyl groups is 1. The molecule has 2 atom stereocenters. The zero-order valence-corrected chi connectivity index (χ0v) is 12.9. The highest BCUT2D eigenvalue weighted by Crippen LogP contribution is 2.12. The van der Waals surface area contributed by atoms with E-state index in [4.69, 9.17) is 4.74 Å². The lowest BCUT2D eigenvalue weighted by Gasteiger charge is -2.25. The molecule has 6 nitrogen and oxygen atoms in total. The monoisotopic (exact) mass is 306 g/mol. The Morgan fingerprint density at radius 2 is 2.00 bits per heavy atom. The second-order valence-corrected chi connectivity index (χ2v) is 5.55. The van der Waals surface area contributed by atoms with Crippen LogP contribution in [0.4, 0.5) is 0 Å². The van der Waals surface area contributed by atoms with E-state index in [-0.39, 0.29) is 37.4 Å². The maximum atomic E-state index is 12.0. The molecule has 0 saturated carbocycles. The topological polar surface area (TPSA) is 78.9 Å². The van der Waals surface area contributed by atoms with Crippen LogP contribution in [0.25, 0.3) is 0 Å². The first-order valence-corrected chi connectivity index (χ1v) is 7.35. The lowest BCUT2D eigenvalue weighted by Crippen LogP contribution is -2.44. The molecule has 0 bridgehead atoms. The van der Waals surface area contributed by atoms with Gasteiger partial charge in [0.15, 0.2) is 0 Å². The number of ether oxygens (including phenoxy) is 1. The summed E-state index contributed by atoms with van der Waals surface area (Å²) in [7, 11) is 1.65. The molecule has 0 aliphatic carbocycles. The highest BCUT2D eigenvalue weighted by molar-refractivity contribution is 5.94. The number of nitrogens with one attached hydrogen (secondary N) is 1. The van der Waals surface area contributed by atoms with E-state index in [0.717, 1.165) is 5.56 Å². The van der Waals surface area contributed by atoms with Gasteiger partial charge in [0.2, 0.25) is 5.91 Å². The van der Waals surface area contributed by atoms with Crippen LogP contribution >= 0.6 is 0 Å². The van der Waals surface area contributed by atoms with Gasteiger partial charge in [-0.15, -0.1) is 0 Å². The van der Waals surface area contributed by atoms with E-state index in [1.54, 1.807) is 19.2 Å². The molecule has 22 heavy (non-hydrogen) atoms. The third kappa shape index (κ3) is 4.05. The van der Waals surface area contributed by atoms with Gasteiger partial charge in [0.05, 0.1) is 25.4 Å². The fourth-order valence-corrected chi connectivity index (χ4v) is 2.35. The van der Waals surface area contributed by atoms with Crippen molar-refractivity contribution in [2.45, 2.75) is 25.5 Å². The molecule has 0 radical (unpaired) electrons. The van der Waals surface area contributed by atoms with E-state index in [1.165, 1.54) is 4.90 Å². The van der Waals surface area contributed by atoms with Gasteiger partial charge in [-0.3, -0.25) is 9.59 Å². The van der Waals surface area contributed by atoms with Gasteiger partial charge in [0, 0.05) is 25.6 Å². The van der Waals surface area contributed by atoms with E-state index in [0.29, 0.717) is 12.2 Å². The van der Waals surface area contributed by atoms with Crippen molar-refractivity contribution in [3.63, 3.8) is 0 Å². The first-order chi connectivity index (χ1) is 10.5. The number of aryl methyl sites for hydroxylation is 1. The van der Waals surface area contributed by atoms with E-state index in [1.807, 2.05) is 19.1 Å². The maximum absolute atomic E-state index is 12.0. The highest BCUT2D eigenvalue weighted by atomic mass is 16.5. The van der Waals surface area contributed by atoms with E-state index in [9.17, 15) is 14.7 Å². The van der Waals surface area contributed by atoms with Crippen molar-refractivity contribution in [1.29, 1.82) is 0 Å². The SMILES string of the molecule is Cc1ccc(C(=O)NCCC(=O)N(C)[C@H]2COC[C@@H]2O)cc1. The number of nitrogens with zero attached hydrogens (tertiary/aromatic N) is 1. The molecular weight excluding hydrogens is 284 g/mol. The molecule has 1 aliphatic rings. The zero-order valence-electron chi connectivity index (χ0n) is 12.9. The summed E-state index contributed by atoms with van der Waals surface area (Å²) in [5.41, 5.74) is 1.66. The van der Waals surface area contributed by atoms with Crippen molar-refractivity contribution in [2.75, 3.05) is 26.8 Å². The average molecular weight is 306 g/mol. The number of likely N-dealkylation sites (N-methyl/N-ethyl adjacent to an activating group) is 1. The number of carbonyl (C=O) groups excluding carboxylic acids is 2. The van der Waals surface area contributed by atoms with Crippen LogP contribution in [-0.4, -0.2) is 60.8 Å². The van der Waals surface area contributed by atoms with Gasteiger partial charge in [-0.25, -0.2) is 0 Å². The molecule has 0 aromatic heterocycles. The molecular formula is C16H22N2O4. The second-order valence-electron chi connectivity index (χ2n) is 5.55. The number of rotatable bonds is 5. The number of carbonyl (C=O) groups is 2. The lowest BCUT2D eigenvalue weighted by molar-refractivity contribution is -0.133. The summed E-state index contributed by atoms with van der Waals surface area (Å²) < 4.78 is 5.14. The molecule has 0 spiro atoms. The Morgan fingerprint density at radius 3 is 2.59 bits per heavy atom. The van der Waals surface area contributed by atoms with Crippen molar-refractivity contribution in [2.24, 2.45) is 0 Å². The number of benzene rings is 1. The molecule has 120 valence electrons.